The van der Waals surface area contributed by atoms with Gasteiger partial charge in [0.25, 0.3) is 0 Å². The van der Waals surface area contributed by atoms with Crippen LogP contribution in [0.2, 0.25) is 0 Å². The third kappa shape index (κ3) is 36.5. The summed E-state index contributed by atoms with van der Waals surface area (Å²) in [5.74, 6) is -4.77. The monoisotopic (exact) mass is 1180 g/mol. The number of hydrogen-bond acceptors (Lipinski definition) is 15. The summed E-state index contributed by atoms with van der Waals surface area (Å²) in [5, 5.41) is 43.9. The minimum atomic E-state index is -2.39. The van der Waals surface area contributed by atoms with E-state index in [9.17, 15) is 39.6 Å². The first-order valence-electron chi connectivity index (χ1n) is 34.8. The highest BCUT2D eigenvalue weighted by molar-refractivity contribution is 5.71. The second-order valence-electron chi connectivity index (χ2n) is 24.6. The van der Waals surface area contributed by atoms with Crippen molar-refractivity contribution in [3.8, 4) is 0 Å². The van der Waals surface area contributed by atoms with Gasteiger partial charge in [0, 0.05) is 25.7 Å². The van der Waals surface area contributed by atoms with Gasteiger partial charge in [-0.1, -0.05) is 285 Å². The van der Waals surface area contributed by atoms with Crippen LogP contribution in [0.4, 0.5) is 0 Å². The van der Waals surface area contributed by atoms with Gasteiger partial charge < -0.3 is 53.6 Å². The van der Waals surface area contributed by atoms with Crippen molar-refractivity contribution in [2.24, 2.45) is 0 Å². The van der Waals surface area contributed by atoms with Crippen molar-refractivity contribution in [3.05, 3.63) is 0 Å². The van der Waals surface area contributed by atoms with E-state index in [1.165, 1.54) is 161 Å². The zero-order chi connectivity index (χ0) is 60.4. The molecule has 15 heteroatoms. The van der Waals surface area contributed by atoms with E-state index in [1.807, 2.05) is 0 Å². The van der Waals surface area contributed by atoms with Gasteiger partial charge in [-0.25, -0.2) is 0 Å². The molecule has 2 saturated heterocycles. The fourth-order valence-corrected chi connectivity index (χ4v) is 11.6. The quantitative estimate of drug-likeness (QED) is 0.0253. The van der Waals surface area contributed by atoms with Crippen molar-refractivity contribution in [2.45, 2.75) is 391 Å². The molecule has 2 rings (SSSR count). The summed E-state index contributed by atoms with van der Waals surface area (Å²) in [4.78, 5) is 55.4. The van der Waals surface area contributed by atoms with Gasteiger partial charge in [-0.2, -0.15) is 0 Å². The molecule has 0 aromatic rings. The van der Waals surface area contributed by atoms with Crippen LogP contribution in [0.3, 0.4) is 0 Å². The number of ether oxygens (including phenoxy) is 7. The highest BCUT2D eigenvalue weighted by atomic mass is 16.8. The zero-order valence-corrected chi connectivity index (χ0v) is 53.5. The summed E-state index contributed by atoms with van der Waals surface area (Å²) in [6.45, 7) is 6.93. The maximum atomic E-state index is 14.2. The van der Waals surface area contributed by atoms with Gasteiger partial charge >= 0.3 is 23.9 Å². The summed E-state index contributed by atoms with van der Waals surface area (Å²) in [6.07, 6.45) is 35.1. The molecule has 488 valence electrons. The minimum Gasteiger partial charge on any atom is -0.463 e. The normalized spacial score (nSPS) is 22.5. The SMILES string of the molecule is CCCCCCCCCCCCCC(=O)OC[C@H]1O[C@@](COC(=O)CCCCCCCCCCCCC)(O[C@@H]2[C@@H](O)[C@H](O)[C@@H](CO)O[C@@H]2O)[C@@H](OC(=O)CCCCCCCCCCCCC)[C@@H]1OC(=O)CCCCCCCCCCCCC. The molecule has 0 amide bonds. The van der Waals surface area contributed by atoms with Gasteiger partial charge in [-0.15, -0.1) is 0 Å². The molecule has 0 radical (unpaired) electrons. The molecule has 0 bridgehead atoms. The first-order chi connectivity index (χ1) is 40.5. The maximum Gasteiger partial charge on any atom is 0.306 e. The van der Waals surface area contributed by atoms with Crippen molar-refractivity contribution >= 4 is 23.9 Å². The summed E-state index contributed by atoms with van der Waals surface area (Å²) < 4.78 is 43.1. The Kier molecular flexibility index (Phi) is 47.7. The van der Waals surface area contributed by atoms with Crippen LogP contribution in [0.25, 0.3) is 0 Å². The van der Waals surface area contributed by atoms with Crippen LogP contribution in [0.1, 0.15) is 336 Å². The molecule has 2 aliphatic heterocycles. The Hall–Kier alpha value is -2.40. The Bertz CT molecular complexity index is 1570. The van der Waals surface area contributed by atoms with E-state index in [1.54, 1.807) is 0 Å². The lowest BCUT2D eigenvalue weighted by atomic mass is 9.98. The minimum absolute atomic E-state index is 0.00502. The fourth-order valence-electron chi connectivity index (χ4n) is 11.6. The molecule has 2 aliphatic rings. The average molecular weight is 1180 g/mol. The Morgan fingerprint density at radius 3 is 1.04 bits per heavy atom. The van der Waals surface area contributed by atoms with E-state index < -0.39 is 98.5 Å². The third-order valence-electron chi connectivity index (χ3n) is 16.9. The van der Waals surface area contributed by atoms with Crippen LogP contribution in [0.5, 0.6) is 0 Å². The zero-order valence-electron chi connectivity index (χ0n) is 53.5. The van der Waals surface area contributed by atoms with E-state index in [0.29, 0.717) is 25.7 Å². The van der Waals surface area contributed by atoms with Crippen LogP contribution < -0.4 is 0 Å². The maximum absolute atomic E-state index is 14.2. The molecule has 0 aliphatic carbocycles. The number of rotatable bonds is 57. The first kappa shape index (κ1) is 76.7. The molecule has 15 nitrogen and oxygen atoms in total. The van der Waals surface area contributed by atoms with E-state index in [0.717, 1.165) is 96.3 Å². The highest BCUT2D eigenvalue weighted by Gasteiger charge is 2.64. The van der Waals surface area contributed by atoms with Crippen LogP contribution in [0, 0.1) is 0 Å². The Morgan fingerprint density at radius 2 is 0.687 bits per heavy atom. The van der Waals surface area contributed by atoms with Crippen molar-refractivity contribution in [3.63, 3.8) is 0 Å². The molecule has 2 heterocycles. The number of carbonyl (C=O) groups is 4. The van der Waals surface area contributed by atoms with Crippen molar-refractivity contribution in [1.82, 2.24) is 0 Å². The largest absolute Gasteiger partial charge is 0.463 e. The Balaban J connectivity index is 2.40. The lowest BCUT2D eigenvalue weighted by Gasteiger charge is -2.44. The predicted molar refractivity (Wildman–Crippen MR) is 328 cm³/mol. The summed E-state index contributed by atoms with van der Waals surface area (Å²) in [5.41, 5.74) is 0. The molecule has 0 spiro atoms. The summed E-state index contributed by atoms with van der Waals surface area (Å²) in [6, 6.07) is 0. The van der Waals surface area contributed by atoms with E-state index in [4.69, 9.17) is 33.2 Å². The molecule has 4 N–H and O–H groups in total. The first-order valence-corrected chi connectivity index (χ1v) is 34.8. The molecule has 0 aromatic carbocycles. The van der Waals surface area contributed by atoms with Crippen LogP contribution in [-0.4, -0.2) is 119 Å². The van der Waals surface area contributed by atoms with Gasteiger partial charge in [0.15, 0.2) is 18.5 Å². The third-order valence-corrected chi connectivity index (χ3v) is 16.9. The van der Waals surface area contributed by atoms with Crippen LogP contribution >= 0.6 is 0 Å². The van der Waals surface area contributed by atoms with Crippen molar-refractivity contribution < 1.29 is 72.8 Å². The van der Waals surface area contributed by atoms with E-state index >= 15 is 0 Å². The number of esters is 4. The second-order valence-corrected chi connectivity index (χ2v) is 24.6. The van der Waals surface area contributed by atoms with Gasteiger partial charge in [-0.3, -0.25) is 19.2 Å². The lowest BCUT2D eigenvalue weighted by molar-refractivity contribution is -0.366. The number of unbranched alkanes of at least 4 members (excludes halogenated alkanes) is 40. The number of hydrogen-bond donors (Lipinski definition) is 4. The highest BCUT2D eigenvalue weighted by Crippen LogP contribution is 2.41. The van der Waals surface area contributed by atoms with Gasteiger partial charge in [0.2, 0.25) is 5.79 Å². The average Bonchev–Trinajstić information content (AvgIpc) is 3.76. The predicted octanol–water partition coefficient (Wildman–Crippen LogP) is 15.6. The second kappa shape index (κ2) is 51.6. The summed E-state index contributed by atoms with van der Waals surface area (Å²) in [7, 11) is 0. The number of aliphatic hydroxyl groups excluding tert-OH is 4. The fraction of sp³-hybridized carbons (Fsp3) is 0.941. The molecule has 2 fully saturated rings. The van der Waals surface area contributed by atoms with Crippen molar-refractivity contribution in [1.29, 1.82) is 0 Å². The van der Waals surface area contributed by atoms with Gasteiger partial charge in [0.1, 0.15) is 43.7 Å². The molecule has 83 heavy (non-hydrogen) atoms. The van der Waals surface area contributed by atoms with Crippen molar-refractivity contribution in [2.75, 3.05) is 19.8 Å². The Labute approximate surface area is 505 Å². The molecule has 0 saturated carbocycles. The smallest absolute Gasteiger partial charge is 0.306 e. The molecular formula is C68H126O15. The summed E-state index contributed by atoms with van der Waals surface area (Å²) >= 11 is 0. The molecule has 0 aromatic heterocycles. The number of aliphatic hydroxyl groups is 4. The molecule has 9 atom stereocenters. The standard InChI is InChI=1S/C68H126O15/c1-5-9-13-17-21-25-29-33-37-41-45-49-58(70)77-54-57-64(80-60(72)51-47-43-39-35-31-27-23-19-15-11-7-3)66(81-61(73)52-48-44-40-36-32-28-24-20-16-12-8-4)68(82-57,83-65-63(75)62(74)56(53-69)79-67(65)76)55-78-59(71)50-46-42-38-34-30-26-22-18-14-10-6-2/h56-57,62-67,69,74-76H,5-55H2,1-4H3/t56-,57-,62-,63+,64-,65-,66+,67+,68+/m1/s1. The van der Waals surface area contributed by atoms with E-state index in [2.05, 4.69) is 27.7 Å². The topological polar surface area (TPSA) is 214 Å². The molecule has 0 unspecified atom stereocenters. The van der Waals surface area contributed by atoms with Crippen LogP contribution in [0.15, 0.2) is 0 Å². The number of carbonyl (C=O) groups excluding carboxylic acids is 4. The van der Waals surface area contributed by atoms with Crippen LogP contribution in [-0.2, 0) is 52.3 Å². The van der Waals surface area contributed by atoms with Gasteiger partial charge in [-0.05, 0) is 25.7 Å². The Morgan fingerprint density at radius 1 is 0.373 bits per heavy atom. The van der Waals surface area contributed by atoms with Gasteiger partial charge in [0.05, 0.1) is 6.61 Å². The lowest BCUT2D eigenvalue weighted by Crippen LogP contribution is -2.64. The van der Waals surface area contributed by atoms with E-state index in [-0.39, 0.29) is 25.7 Å². The molecular weight excluding hydrogens is 1060 g/mol.